The Kier molecular flexibility index (Phi) is 3.48. The van der Waals surface area contributed by atoms with Gasteiger partial charge in [-0.25, -0.2) is 9.97 Å². The summed E-state index contributed by atoms with van der Waals surface area (Å²) in [6.45, 7) is 4.37. The van der Waals surface area contributed by atoms with Gasteiger partial charge in [0.2, 0.25) is 0 Å². The van der Waals surface area contributed by atoms with Crippen molar-refractivity contribution < 1.29 is 0 Å². The molecular formula is C13H16ClN3. The minimum absolute atomic E-state index is 0.510. The predicted molar refractivity (Wildman–Crippen MR) is 72.1 cm³/mol. The van der Waals surface area contributed by atoms with Crippen molar-refractivity contribution in [1.82, 2.24) is 9.97 Å². The van der Waals surface area contributed by atoms with E-state index in [4.69, 9.17) is 17.3 Å². The monoisotopic (exact) mass is 249 g/mol. The molecule has 4 heteroatoms. The van der Waals surface area contributed by atoms with Gasteiger partial charge in [-0.2, -0.15) is 0 Å². The molecule has 0 aliphatic heterocycles. The lowest BCUT2D eigenvalue weighted by Crippen LogP contribution is -2.02. The molecule has 0 spiro atoms. The highest BCUT2D eigenvalue weighted by molar-refractivity contribution is 6.31. The third-order valence-corrected chi connectivity index (χ3v) is 2.91. The number of hydrogen-bond donors (Lipinski definition) is 1. The van der Waals surface area contributed by atoms with E-state index in [0.717, 1.165) is 29.6 Å². The van der Waals surface area contributed by atoms with Crippen molar-refractivity contribution in [2.45, 2.75) is 26.7 Å². The number of anilines is 1. The van der Waals surface area contributed by atoms with Gasteiger partial charge in [-0.15, -0.1) is 0 Å². The standard InChI is InChI=1S/C13H16ClN3/c1-8(2)3-6-12-16-11-5-4-9(14)7-10(11)13(15)17-12/h4-5,7-8H,3,6H2,1-2H3,(H2,15,16,17). The molecule has 0 amide bonds. The Morgan fingerprint density at radius 3 is 2.76 bits per heavy atom. The van der Waals surface area contributed by atoms with Crippen LogP contribution in [-0.4, -0.2) is 9.97 Å². The molecule has 0 saturated carbocycles. The number of rotatable bonds is 3. The first-order chi connectivity index (χ1) is 8.06. The third-order valence-electron chi connectivity index (χ3n) is 2.68. The topological polar surface area (TPSA) is 51.8 Å². The average Bonchev–Trinajstić information content (AvgIpc) is 2.27. The van der Waals surface area contributed by atoms with E-state index in [1.807, 2.05) is 12.1 Å². The quantitative estimate of drug-likeness (QED) is 0.906. The van der Waals surface area contributed by atoms with Crippen LogP contribution >= 0.6 is 11.6 Å². The van der Waals surface area contributed by atoms with Crippen LogP contribution in [0, 0.1) is 5.92 Å². The van der Waals surface area contributed by atoms with E-state index in [-0.39, 0.29) is 0 Å². The van der Waals surface area contributed by atoms with Crippen LogP contribution in [0.15, 0.2) is 18.2 Å². The summed E-state index contributed by atoms with van der Waals surface area (Å²) >= 11 is 5.92. The summed E-state index contributed by atoms with van der Waals surface area (Å²) in [4.78, 5) is 8.82. The fourth-order valence-electron chi connectivity index (χ4n) is 1.70. The molecule has 3 nitrogen and oxygen atoms in total. The molecule has 0 aliphatic rings. The molecule has 2 rings (SSSR count). The summed E-state index contributed by atoms with van der Waals surface area (Å²) in [5, 5.41) is 1.48. The second kappa shape index (κ2) is 4.88. The molecule has 17 heavy (non-hydrogen) atoms. The fraction of sp³-hybridized carbons (Fsp3) is 0.385. The second-order valence-electron chi connectivity index (χ2n) is 4.62. The third kappa shape index (κ3) is 2.86. The van der Waals surface area contributed by atoms with Gasteiger partial charge >= 0.3 is 0 Å². The van der Waals surface area contributed by atoms with Crippen molar-refractivity contribution in [3.8, 4) is 0 Å². The van der Waals surface area contributed by atoms with E-state index < -0.39 is 0 Å². The molecule has 0 unspecified atom stereocenters. The summed E-state index contributed by atoms with van der Waals surface area (Å²) in [6.07, 6.45) is 1.93. The van der Waals surface area contributed by atoms with Gasteiger partial charge < -0.3 is 5.73 Å². The van der Waals surface area contributed by atoms with E-state index in [9.17, 15) is 0 Å². The molecular weight excluding hydrogens is 234 g/mol. The zero-order chi connectivity index (χ0) is 12.4. The van der Waals surface area contributed by atoms with Gasteiger partial charge in [-0.3, -0.25) is 0 Å². The molecule has 0 fully saturated rings. The van der Waals surface area contributed by atoms with Crippen molar-refractivity contribution in [2.24, 2.45) is 5.92 Å². The SMILES string of the molecule is CC(C)CCc1nc(N)c2cc(Cl)ccc2n1. The zero-order valence-corrected chi connectivity index (χ0v) is 10.8. The van der Waals surface area contributed by atoms with Crippen LogP contribution in [0.5, 0.6) is 0 Å². The van der Waals surface area contributed by atoms with Gasteiger partial charge in [0.15, 0.2) is 0 Å². The van der Waals surface area contributed by atoms with Crippen LogP contribution in [-0.2, 0) is 6.42 Å². The van der Waals surface area contributed by atoms with E-state index >= 15 is 0 Å². The van der Waals surface area contributed by atoms with Crippen molar-refractivity contribution >= 4 is 28.3 Å². The Morgan fingerprint density at radius 1 is 1.29 bits per heavy atom. The van der Waals surface area contributed by atoms with Crippen molar-refractivity contribution in [2.75, 3.05) is 5.73 Å². The molecule has 90 valence electrons. The molecule has 2 aromatic rings. The molecule has 1 aromatic carbocycles. The van der Waals surface area contributed by atoms with Gasteiger partial charge in [0.1, 0.15) is 11.6 Å². The van der Waals surface area contributed by atoms with Gasteiger partial charge in [0.25, 0.3) is 0 Å². The lowest BCUT2D eigenvalue weighted by molar-refractivity contribution is 0.576. The Bertz CT molecular complexity index is 537. The highest BCUT2D eigenvalue weighted by Crippen LogP contribution is 2.22. The Labute approximate surface area is 106 Å². The lowest BCUT2D eigenvalue weighted by Gasteiger charge is -2.07. The Balaban J connectivity index is 2.38. The summed E-state index contributed by atoms with van der Waals surface area (Å²) in [6, 6.07) is 5.51. The first-order valence-corrected chi connectivity index (χ1v) is 6.15. The number of nitrogens with zero attached hydrogens (tertiary/aromatic N) is 2. The molecule has 0 aliphatic carbocycles. The molecule has 0 radical (unpaired) electrons. The van der Waals surface area contributed by atoms with Crippen molar-refractivity contribution in [3.05, 3.63) is 29.0 Å². The maximum Gasteiger partial charge on any atom is 0.135 e. The van der Waals surface area contributed by atoms with Crippen molar-refractivity contribution in [1.29, 1.82) is 0 Å². The smallest absolute Gasteiger partial charge is 0.135 e. The minimum atomic E-state index is 0.510. The molecule has 1 heterocycles. The Morgan fingerprint density at radius 2 is 2.06 bits per heavy atom. The molecule has 0 saturated heterocycles. The van der Waals surface area contributed by atoms with Crippen LogP contribution < -0.4 is 5.73 Å². The largest absolute Gasteiger partial charge is 0.383 e. The van der Waals surface area contributed by atoms with Crippen LogP contribution in [0.25, 0.3) is 10.9 Å². The van der Waals surface area contributed by atoms with Gasteiger partial charge in [0, 0.05) is 16.8 Å². The van der Waals surface area contributed by atoms with Crippen LogP contribution in [0.4, 0.5) is 5.82 Å². The van der Waals surface area contributed by atoms with E-state index in [1.54, 1.807) is 6.07 Å². The highest BCUT2D eigenvalue weighted by atomic mass is 35.5. The van der Waals surface area contributed by atoms with Gasteiger partial charge in [0.05, 0.1) is 5.52 Å². The first-order valence-electron chi connectivity index (χ1n) is 5.78. The number of nitrogens with two attached hydrogens (primary N) is 1. The average molecular weight is 250 g/mol. The number of hydrogen-bond acceptors (Lipinski definition) is 3. The maximum atomic E-state index is 5.92. The maximum absolute atomic E-state index is 5.92. The fourth-order valence-corrected chi connectivity index (χ4v) is 1.88. The van der Waals surface area contributed by atoms with E-state index in [1.165, 1.54) is 0 Å². The summed E-state index contributed by atoms with van der Waals surface area (Å²) in [5.74, 6) is 1.96. The highest BCUT2D eigenvalue weighted by Gasteiger charge is 2.06. The molecule has 0 bridgehead atoms. The number of aromatic nitrogens is 2. The molecule has 1 aromatic heterocycles. The second-order valence-corrected chi connectivity index (χ2v) is 5.06. The summed E-state index contributed by atoms with van der Waals surface area (Å²) < 4.78 is 0. The zero-order valence-electron chi connectivity index (χ0n) is 10.1. The number of aryl methyl sites for hydroxylation is 1. The lowest BCUT2D eigenvalue weighted by atomic mass is 10.1. The number of benzene rings is 1. The van der Waals surface area contributed by atoms with E-state index in [0.29, 0.717) is 16.8 Å². The summed E-state index contributed by atoms with van der Waals surface area (Å²) in [7, 11) is 0. The van der Waals surface area contributed by atoms with E-state index in [2.05, 4.69) is 23.8 Å². The first kappa shape index (κ1) is 12.1. The van der Waals surface area contributed by atoms with Crippen LogP contribution in [0.3, 0.4) is 0 Å². The summed E-state index contributed by atoms with van der Waals surface area (Å²) in [5.41, 5.74) is 6.78. The number of nitrogen functional groups attached to an aromatic ring is 1. The number of fused-ring (bicyclic) bond motifs is 1. The van der Waals surface area contributed by atoms with Gasteiger partial charge in [-0.1, -0.05) is 25.4 Å². The van der Waals surface area contributed by atoms with Crippen LogP contribution in [0.1, 0.15) is 26.1 Å². The van der Waals surface area contributed by atoms with Crippen LogP contribution in [0.2, 0.25) is 5.02 Å². The Hall–Kier alpha value is -1.35. The molecule has 0 atom stereocenters. The minimum Gasteiger partial charge on any atom is -0.383 e. The normalized spacial score (nSPS) is 11.3. The number of halogens is 1. The predicted octanol–water partition coefficient (Wildman–Crippen LogP) is 3.45. The molecule has 2 N–H and O–H groups in total. The van der Waals surface area contributed by atoms with Gasteiger partial charge in [-0.05, 0) is 30.5 Å². The van der Waals surface area contributed by atoms with Crippen molar-refractivity contribution in [3.63, 3.8) is 0 Å².